The van der Waals surface area contributed by atoms with Gasteiger partial charge in [-0.3, -0.25) is 4.79 Å². The summed E-state index contributed by atoms with van der Waals surface area (Å²) in [4.78, 5) is 15.0. The Morgan fingerprint density at radius 3 is 2.30 bits per heavy atom. The van der Waals surface area contributed by atoms with Gasteiger partial charge in [0, 0.05) is 24.9 Å². The van der Waals surface area contributed by atoms with Crippen molar-refractivity contribution in [2.24, 2.45) is 57.2 Å². The van der Waals surface area contributed by atoms with E-state index in [2.05, 4.69) is 70.5 Å². The maximum absolute atomic E-state index is 12.5. The third-order valence-electron chi connectivity index (χ3n) is 18.1. The van der Waals surface area contributed by atoms with Crippen LogP contribution in [0.15, 0.2) is 35.5 Å². The smallest absolute Gasteiger partial charge is 0.309 e. The summed E-state index contributed by atoms with van der Waals surface area (Å²) in [6.45, 7) is 26.4. The molecule has 1 N–H and O–H groups in total. The number of carbonyl (C=O) groups is 1. The molecule has 0 aromatic heterocycles. The number of esters is 1. The van der Waals surface area contributed by atoms with Gasteiger partial charge < -0.3 is 15.0 Å². The van der Waals surface area contributed by atoms with Crippen LogP contribution < -0.4 is 5.32 Å². The second kappa shape index (κ2) is 14.2. The predicted octanol–water partition coefficient (Wildman–Crippen LogP) is 9.32. The minimum absolute atomic E-state index is 0.0165. The molecular weight excluding hydrogens is 677 g/mol. The lowest BCUT2D eigenvalue weighted by molar-refractivity contribution is -0.221. The highest BCUT2D eigenvalue weighted by atomic mass is 32.2. The van der Waals surface area contributed by atoms with Gasteiger partial charge in [-0.1, -0.05) is 58.9 Å². The summed E-state index contributed by atoms with van der Waals surface area (Å²) >= 11 is 0. The van der Waals surface area contributed by atoms with Crippen LogP contribution in [0, 0.1) is 57.2 Å². The average molecular weight is 751 g/mol. The first-order valence-electron chi connectivity index (χ1n) is 21.8. The van der Waals surface area contributed by atoms with Crippen LogP contribution in [0.1, 0.15) is 138 Å². The van der Waals surface area contributed by atoms with E-state index in [1.54, 1.807) is 5.57 Å². The quantitative estimate of drug-likeness (QED) is 0.187. The molecule has 1 unspecified atom stereocenters. The second-order valence-electron chi connectivity index (χ2n) is 20.6. The number of hydrogen-bond donors (Lipinski definition) is 1. The standard InChI is InChI=1S/C46H74N2O4S/c1-10-52-41(49)33-13-11-32(12-14-33)36-18-22-43(6)38(42(36,4)5)19-23-45(8)39(43)16-15-37-40-35(31(2)3)17-24-46(40,26-25-44(37,45)7)47-27-30-48-28-20-34(21-29-48)53(9,50)51/h11,18,33-35,37-40,47H,2,10,12-17,19-30H2,1,3-9H3/t33?,35-,37+,38-,39+,40+,43-,44+,45+,46-/m0/s1. The van der Waals surface area contributed by atoms with Crippen LogP contribution in [0.2, 0.25) is 0 Å². The lowest BCUT2D eigenvalue weighted by atomic mass is 9.33. The Balaban J connectivity index is 1.09. The van der Waals surface area contributed by atoms with Gasteiger partial charge in [0.05, 0.1) is 17.8 Å². The van der Waals surface area contributed by atoms with E-state index in [1.165, 1.54) is 75.2 Å². The van der Waals surface area contributed by atoms with Gasteiger partial charge in [-0.2, -0.15) is 0 Å². The Labute approximate surface area is 323 Å². The topological polar surface area (TPSA) is 75.7 Å². The van der Waals surface area contributed by atoms with E-state index in [9.17, 15) is 13.2 Å². The maximum atomic E-state index is 12.5. The molecule has 7 rings (SSSR count). The highest BCUT2D eigenvalue weighted by Gasteiger charge is 2.70. The Morgan fingerprint density at radius 1 is 0.925 bits per heavy atom. The van der Waals surface area contributed by atoms with Crippen LogP contribution in [0.5, 0.6) is 0 Å². The maximum Gasteiger partial charge on any atom is 0.309 e. The molecule has 5 fully saturated rings. The monoisotopic (exact) mass is 751 g/mol. The minimum Gasteiger partial charge on any atom is -0.466 e. The highest BCUT2D eigenvalue weighted by Crippen LogP contribution is 2.76. The van der Waals surface area contributed by atoms with Crippen LogP contribution in [-0.2, 0) is 19.4 Å². The zero-order valence-corrected chi connectivity index (χ0v) is 35.6. The molecule has 0 spiro atoms. The number of hydrogen-bond acceptors (Lipinski definition) is 6. The van der Waals surface area contributed by atoms with E-state index >= 15 is 0 Å². The van der Waals surface area contributed by atoms with Crippen molar-refractivity contribution in [2.75, 3.05) is 39.0 Å². The van der Waals surface area contributed by atoms with E-state index < -0.39 is 9.84 Å². The molecule has 1 aliphatic heterocycles. The molecule has 1 heterocycles. The highest BCUT2D eigenvalue weighted by molar-refractivity contribution is 7.91. The van der Waals surface area contributed by atoms with Crippen molar-refractivity contribution in [2.45, 2.75) is 149 Å². The van der Waals surface area contributed by atoms with Gasteiger partial charge >= 0.3 is 5.97 Å². The number of nitrogens with one attached hydrogen (secondary N) is 1. The van der Waals surface area contributed by atoms with Crippen LogP contribution in [0.3, 0.4) is 0 Å². The first-order chi connectivity index (χ1) is 24.9. The molecule has 0 amide bonds. The SMILES string of the molecule is C=C(C)[C@@H]1CC[C@]2(NCCN3CCC(S(C)(=O)=O)CC3)CC[C@]3(C)[C@H](CC[C@@H]4[C@@]5(C)CC=C(C6=CCC(C(=O)OCC)CC6)C(C)(C)[C@@H]5CC[C@]43C)[C@@H]12. The van der Waals surface area contributed by atoms with Crippen molar-refractivity contribution < 1.29 is 17.9 Å². The Hall–Kier alpha value is -1.44. The number of sulfone groups is 1. The van der Waals surface area contributed by atoms with Crippen molar-refractivity contribution in [1.82, 2.24) is 10.2 Å². The van der Waals surface area contributed by atoms with Crippen LogP contribution in [-0.4, -0.2) is 69.1 Å². The first kappa shape index (κ1) is 39.8. The average Bonchev–Trinajstić information content (AvgIpc) is 3.48. The molecule has 0 aromatic carbocycles. The summed E-state index contributed by atoms with van der Waals surface area (Å²) in [5.74, 6) is 3.33. The molecule has 7 heteroatoms. The molecule has 0 bridgehead atoms. The molecule has 10 atom stereocenters. The predicted molar refractivity (Wildman–Crippen MR) is 217 cm³/mol. The lowest BCUT2D eigenvalue weighted by Gasteiger charge is -2.72. The van der Waals surface area contributed by atoms with Gasteiger partial charge in [0.1, 0.15) is 9.84 Å². The van der Waals surface area contributed by atoms with Gasteiger partial charge in [-0.25, -0.2) is 8.42 Å². The first-order valence-corrected chi connectivity index (χ1v) is 23.7. The summed E-state index contributed by atoms with van der Waals surface area (Å²) in [5.41, 5.74) is 5.70. The number of carbonyl (C=O) groups excluding carboxylic acids is 1. The molecule has 4 saturated carbocycles. The van der Waals surface area contributed by atoms with E-state index in [0.29, 0.717) is 41.1 Å². The fraction of sp³-hybridized carbons (Fsp3) is 0.848. The van der Waals surface area contributed by atoms with Gasteiger partial charge in [0.25, 0.3) is 0 Å². The summed E-state index contributed by atoms with van der Waals surface area (Å²) in [6, 6.07) is 0. The summed E-state index contributed by atoms with van der Waals surface area (Å²) in [5, 5.41) is 4.12. The number of allylic oxidation sites excluding steroid dienone is 5. The third-order valence-corrected chi connectivity index (χ3v) is 19.7. The molecule has 53 heavy (non-hydrogen) atoms. The van der Waals surface area contributed by atoms with Gasteiger partial charge in [0.2, 0.25) is 0 Å². The molecule has 298 valence electrons. The summed E-state index contributed by atoms with van der Waals surface area (Å²) in [7, 11) is -2.94. The number of ether oxygens (including phenoxy) is 1. The molecule has 6 nitrogen and oxygen atoms in total. The van der Waals surface area contributed by atoms with Crippen molar-refractivity contribution in [3.05, 3.63) is 35.5 Å². The largest absolute Gasteiger partial charge is 0.466 e. The number of fused-ring (bicyclic) bond motifs is 7. The molecule has 1 saturated heterocycles. The van der Waals surface area contributed by atoms with Crippen molar-refractivity contribution in [3.63, 3.8) is 0 Å². The fourth-order valence-corrected chi connectivity index (χ4v) is 16.2. The molecular formula is C46H74N2O4S. The number of piperidine rings is 1. The fourth-order valence-electron chi connectivity index (χ4n) is 15.2. The van der Waals surface area contributed by atoms with E-state index in [-0.39, 0.29) is 33.5 Å². The summed E-state index contributed by atoms with van der Waals surface area (Å²) < 4.78 is 29.7. The Kier molecular flexibility index (Phi) is 10.6. The number of likely N-dealkylation sites (tertiary alicyclic amines) is 1. The number of rotatable bonds is 9. The van der Waals surface area contributed by atoms with Crippen molar-refractivity contribution >= 4 is 15.8 Å². The number of nitrogens with zero attached hydrogens (tertiary/aromatic N) is 1. The molecule has 7 aliphatic rings. The molecule has 0 aromatic rings. The molecule has 6 aliphatic carbocycles. The van der Waals surface area contributed by atoms with Gasteiger partial charge in [-0.05, 0) is 179 Å². The van der Waals surface area contributed by atoms with Crippen LogP contribution in [0.25, 0.3) is 0 Å². The Morgan fingerprint density at radius 2 is 1.66 bits per heavy atom. The van der Waals surface area contributed by atoms with Crippen LogP contribution >= 0.6 is 0 Å². The zero-order chi connectivity index (χ0) is 38.2. The second-order valence-corrected chi connectivity index (χ2v) is 23.0. The summed E-state index contributed by atoms with van der Waals surface area (Å²) in [6.07, 6.45) is 22.3. The molecule has 0 radical (unpaired) electrons. The van der Waals surface area contributed by atoms with Crippen molar-refractivity contribution in [1.29, 1.82) is 0 Å². The van der Waals surface area contributed by atoms with E-state index in [4.69, 9.17) is 4.74 Å². The van der Waals surface area contributed by atoms with E-state index in [1.807, 2.05) is 6.92 Å². The van der Waals surface area contributed by atoms with Gasteiger partial charge in [-0.15, -0.1) is 0 Å². The van der Waals surface area contributed by atoms with Crippen molar-refractivity contribution in [3.8, 4) is 0 Å². The van der Waals surface area contributed by atoms with Gasteiger partial charge in [0.15, 0.2) is 0 Å². The lowest BCUT2D eigenvalue weighted by Crippen LogP contribution is -2.68. The zero-order valence-electron chi connectivity index (χ0n) is 34.8. The Bertz CT molecular complexity index is 1610. The normalized spacial score (nSPS) is 43.0. The minimum atomic E-state index is -2.94. The van der Waals surface area contributed by atoms with Crippen LogP contribution in [0.4, 0.5) is 0 Å². The third kappa shape index (κ3) is 6.49. The van der Waals surface area contributed by atoms with E-state index in [0.717, 1.165) is 64.2 Å².